The molecule has 0 saturated carbocycles. The van der Waals surface area contributed by atoms with Gasteiger partial charge in [-0.3, -0.25) is 15.0 Å². The minimum Gasteiger partial charge on any atom is -0.493 e. The van der Waals surface area contributed by atoms with Crippen molar-refractivity contribution in [2.24, 2.45) is 11.8 Å². The molecule has 0 radical (unpaired) electrons. The van der Waals surface area contributed by atoms with Crippen molar-refractivity contribution in [3.05, 3.63) is 17.7 Å². The van der Waals surface area contributed by atoms with E-state index in [1.807, 2.05) is 12.1 Å². The Bertz CT molecular complexity index is 819. The molecular formula is C22H31N3O5. The van der Waals surface area contributed by atoms with Gasteiger partial charge < -0.3 is 19.5 Å². The number of fused-ring (bicyclic) bond motifs is 1. The van der Waals surface area contributed by atoms with Crippen molar-refractivity contribution >= 4 is 11.9 Å². The van der Waals surface area contributed by atoms with Crippen LogP contribution >= 0.6 is 0 Å². The van der Waals surface area contributed by atoms with E-state index in [4.69, 9.17) is 14.2 Å². The first-order valence-electron chi connectivity index (χ1n) is 10.7. The van der Waals surface area contributed by atoms with E-state index in [1.54, 1.807) is 7.11 Å². The quantitative estimate of drug-likeness (QED) is 0.663. The van der Waals surface area contributed by atoms with E-state index >= 15 is 0 Å². The van der Waals surface area contributed by atoms with Crippen molar-refractivity contribution in [2.75, 3.05) is 27.0 Å². The SMILES string of the molecule is COc1cc(CN2CCC([C@@]3(CCC(C)C)NC(=O)NC3=O)CC2)cc2c1OCO2. The maximum Gasteiger partial charge on any atom is 0.322 e. The molecule has 0 bridgehead atoms. The summed E-state index contributed by atoms with van der Waals surface area (Å²) in [5.41, 5.74) is 0.339. The summed E-state index contributed by atoms with van der Waals surface area (Å²) in [6.07, 6.45) is 3.33. The zero-order chi connectivity index (χ0) is 21.3. The van der Waals surface area contributed by atoms with Gasteiger partial charge in [0.05, 0.1) is 7.11 Å². The zero-order valence-electron chi connectivity index (χ0n) is 18.0. The molecule has 1 aromatic rings. The first-order valence-corrected chi connectivity index (χ1v) is 10.7. The van der Waals surface area contributed by atoms with E-state index in [-0.39, 0.29) is 24.6 Å². The Balaban J connectivity index is 1.42. The fourth-order valence-corrected chi connectivity index (χ4v) is 4.81. The summed E-state index contributed by atoms with van der Waals surface area (Å²) in [5.74, 6) is 2.53. The Hall–Kier alpha value is -2.48. The standard InChI is InChI=1S/C22H31N3O5/c1-14(2)4-7-22(20(26)23-21(27)24-22)16-5-8-25(9-6-16)12-15-10-17(28-3)19-18(11-15)29-13-30-19/h10-11,14,16H,4-9,12-13H2,1-3H3,(H2,23,24,26,27)/t22-/m1/s1. The molecule has 2 N–H and O–H groups in total. The molecule has 4 rings (SSSR count). The summed E-state index contributed by atoms with van der Waals surface area (Å²) < 4.78 is 16.4. The third kappa shape index (κ3) is 3.93. The number of likely N-dealkylation sites (tertiary alicyclic amines) is 1. The van der Waals surface area contributed by atoms with Gasteiger partial charge >= 0.3 is 6.03 Å². The van der Waals surface area contributed by atoms with Crippen LogP contribution in [0, 0.1) is 11.8 Å². The fraction of sp³-hybridized carbons (Fsp3) is 0.636. The lowest BCUT2D eigenvalue weighted by Crippen LogP contribution is -2.56. The number of amides is 3. The van der Waals surface area contributed by atoms with Gasteiger partial charge in [0.2, 0.25) is 12.5 Å². The second-order valence-electron chi connectivity index (χ2n) is 8.89. The largest absolute Gasteiger partial charge is 0.493 e. The van der Waals surface area contributed by atoms with Crippen LogP contribution in [0.4, 0.5) is 4.79 Å². The molecule has 3 aliphatic rings. The van der Waals surface area contributed by atoms with Crippen LogP contribution in [0.1, 0.15) is 45.1 Å². The number of methoxy groups -OCH3 is 1. The van der Waals surface area contributed by atoms with Crippen LogP contribution in [0.15, 0.2) is 12.1 Å². The summed E-state index contributed by atoms with van der Waals surface area (Å²) in [6.45, 7) is 7.02. The van der Waals surface area contributed by atoms with E-state index < -0.39 is 5.54 Å². The normalized spacial score (nSPS) is 24.3. The molecule has 3 aliphatic heterocycles. The molecule has 8 nitrogen and oxygen atoms in total. The van der Waals surface area contributed by atoms with Crippen LogP contribution in [0.2, 0.25) is 0 Å². The number of benzene rings is 1. The van der Waals surface area contributed by atoms with Gasteiger partial charge in [-0.1, -0.05) is 13.8 Å². The molecule has 0 unspecified atom stereocenters. The molecule has 0 aliphatic carbocycles. The molecule has 8 heteroatoms. The number of carbonyl (C=O) groups is 2. The zero-order valence-corrected chi connectivity index (χ0v) is 18.0. The Morgan fingerprint density at radius 3 is 2.63 bits per heavy atom. The lowest BCUT2D eigenvalue weighted by Gasteiger charge is -2.41. The number of nitrogens with one attached hydrogen (secondary N) is 2. The van der Waals surface area contributed by atoms with E-state index in [2.05, 4.69) is 29.4 Å². The number of carbonyl (C=O) groups excluding carboxylic acids is 2. The predicted molar refractivity (Wildman–Crippen MR) is 111 cm³/mol. The molecule has 2 fully saturated rings. The van der Waals surface area contributed by atoms with E-state index in [1.165, 1.54) is 0 Å². The molecule has 30 heavy (non-hydrogen) atoms. The Kier molecular flexibility index (Phi) is 5.77. The van der Waals surface area contributed by atoms with Crippen molar-refractivity contribution in [1.29, 1.82) is 0 Å². The van der Waals surface area contributed by atoms with E-state index in [0.29, 0.717) is 23.8 Å². The van der Waals surface area contributed by atoms with Crippen LogP contribution in [0.3, 0.4) is 0 Å². The topological polar surface area (TPSA) is 89.1 Å². The predicted octanol–water partition coefficient (Wildman–Crippen LogP) is 2.65. The third-order valence-corrected chi connectivity index (χ3v) is 6.49. The molecule has 1 atom stereocenters. The second kappa shape index (κ2) is 8.34. The summed E-state index contributed by atoms with van der Waals surface area (Å²) >= 11 is 0. The number of hydrogen-bond donors (Lipinski definition) is 2. The smallest absolute Gasteiger partial charge is 0.322 e. The van der Waals surface area contributed by atoms with Gasteiger partial charge in [-0.15, -0.1) is 0 Å². The number of urea groups is 1. The van der Waals surface area contributed by atoms with Crippen molar-refractivity contribution in [1.82, 2.24) is 15.5 Å². The molecular weight excluding hydrogens is 386 g/mol. The molecule has 1 aromatic carbocycles. The minimum atomic E-state index is -0.768. The van der Waals surface area contributed by atoms with Gasteiger partial charge in [0.15, 0.2) is 11.5 Å². The van der Waals surface area contributed by atoms with Gasteiger partial charge in [0.25, 0.3) is 5.91 Å². The number of nitrogens with zero attached hydrogens (tertiary/aromatic N) is 1. The number of piperidine rings is 1. The van der Waals surface area contributed by atoms with Crippen LogP contribution in [-0.4, -0.2) is 49.4 Å². The molecule has 0 spiro atoms. The van der Waals surface area contributed by atoms with Gasteiger partial charge in [0.1, 0.15) is 5.54 Å². The van der Waals surface area contributed by atoms with Crippen LogP contribution in [0.25, 0.3) is 0 Å². The van der Waals surface area contributed by atoms with Gasteiger partial charge in [-0.2, -0.15) is 0 Å². The van der Waals surface area contributed by atoms with Gasteiger partial charge in [-0.25, -0.2) is 4.79 Å². The summed E-state index contributed by atoms with van der Waals surface area (Å²) in [5, 5.41) is 5.46. The Morgan fingerprint density at radius 1 is 1.23 bits per heavy atom. The number of rotatable bonds is 7. The van der Waals surface area contributed by atoms with Crippen LogP contribution < -0.4 is 24.8 Å². The monoisotopic (exact) mass is 417 g/mol. The van der Waals surface area contributed by atoms with Crippen molar-refractivity contribution < 1.29 is 23.8 Å². The lowest BCUT2D eigenvalue weighted by molar-refractivity contribution is -0.127. The Morgan fingerprint density at radius 2 is 2.00 bits per heavy atom. The van der Waals surface area contributed by atoms with Crippen molar-refractivity contribution in [3.8, 4) is 17.2 Å². The minimum absolute atomic E-state index is 0.144. The molecule has 0 aromatic heterocycles. The first-order chi connectivity index (χ1) is 14.4. The summed E-state index contributed by atoms with van der Waals surface area (Å²) in [6, 6.07) is 3.64. The van der Waals surface area contributed by atoms with Crippen molar-refractivity contribution in [3.63, 3.8) is 0 Å². The molecule has 2 saturated heterocycles. The average Bonchev–Trinajstić information content (AvgIpc) is 3.30. The highest BCUT2D eigenvalue weighted by Gasteiger charge is 2.51. The van der Waals surface area contributed by atoms with E-state index in [0.717, 1.165) is 50.2 Å². The fourth-order valence-electron chi connectivity index (χ4n) is 4.81. The Labute approximate surface area is 177 Å². The van der Waals surface area contributed by atoms with Crippen molar-refractivity contribution in [2.45, 2.75) is 51.6 Å². The number of imide groups is 1. The summed E-state index contributed by atoms with van der Waals surface area (Å²) in [7, 11) is 1.63. The molecule has 164 valence electrons. The maximum atomic E-state index is 12.7. The summed E-state index contributed by atoms with van der Waals surface area (Å²) in [4.78, 5) is 27.0. The van der Waals surface area contributed by atoms with Gasteiger partial charge in [0, 0.05) is 6.54 Å². The highest BCUT2D eigenvalue weighted by Crippen LogP contribution is 2.42. The second-order valence-corrected chi connectivity index (χ2v) is 8.89. The number of hydrogen-bond acceptors (Lipinski definition) is 6. The average molecular weight is 418 g/mol. The van der Waals surface area contributed by atoms with E-state index in [9.17, 15) is 9.59 Å². The first kappa shape index (κ1) is 20.8. The highest BCUT2D eigenvalue weighted by molar-refractivity contribution is 6.07. The third-order valence-electron chi connectivity index (χ3n) is 6.49. The molecule has 3 amide bonds. The van der Waals surface area contributed by atoms with Crippen LogP contribution in [0.5, 0.6) is 17.2 Å². The lowest BCUT2D eigenvalue weighted by atomic mass is 9.74. The van der Waals surface area contributed by atoms with Crippen LogP contribution in [-0.2, 0) is 11.3 Å². The maximum absolute atomic E-state index is 12.7. The number of ether oxygens (including phenoxy) is 3. The highest BCUT2D eigenvalue weighted by atomic mass is 16.7. The molecule has 3 heterocycles. The van der Waals surface area contributed by atoms with Gasteiger partial charge in [-0.05, 0) is 68.3 Å².